The van der Waals surface area contributed by atoms with Gasteiger partial charge in [0.1, 0.15) is 0 Å². The minimum atomic E-state index is 0.438. The number of aryl methyl sites for hydroxylation is 2. The number of likely N-dealkylation sites (tertiary alicyclic amines) is 1. The third kappa shape index (κ3) is 3.65. The highest BCUT2D eigenvalue weighted by Crippen LogP contribution is 2.43. The first-order valence-electron chi connectivity index (χ1n) is 11.6. The topological polar surface area (TPSA) is 6.48 Å². The van der Waals surface area contributed by atoms with Crippen molar-refractivity contribution >= 4 is 11.4 Å². The molecule has 3 aromatic carbocycles. The molecule has 30 heavy (non-hydrogen) atoms. The smallest absolute Gasteiger partial charge is 0.0538 e. The van der Waals surface area contributed by atoms with E-state index in [1.165, 1.54) is 54.0 Å². The summed E-state index contributed by atoms with van der Waals surface area (Å²) in [5, 5.41) is 0. The van der Waals surface area contributed by atoms with Crippen LogP contribution in [0.4, 0.5) is 11.4 Å². The average molecular weight is 397 g/mol. The molecule has 0 amide bonds. The lowest BCUT2D eigenvalue weighted by Crippen LogP contribution is -2.50. The molecular weight excluding hydrogens is 364 g/mol. The molecule has 0 saturated carbocycles. The number of benzene rings is 3. The maximum absolute atomic E-state index is 2.71. The van der Waals surface area contributed by atoms with Gasteiger partial charge >= 0.3 is 0 Å². The van der Waals surface area contributed by atoms with Crippen LogP contribution in [0.15, 0.2) is 78.9 Å². The Balaban J connectivity index is 1.64. The minimum Gasteiger partial charge on any atom is -0.336 e. The number of piperidine rings is 1. The van der Waals surface area contributed by atoms with Crippen LogP contribution in [0.5, 0.6) is 0 Å². The Hall–Kier alpha value is -2.58. The van der Waals surface area contributed by atoms with Crippen molar-refractivity contribution in [2.24, 2.45) is 0 Å². The minimum absolute atomic E-state index is 0.438. The molecule has 0 spiro atoms. The molecule has 2 aliphatic rings. The Bertz CT molecular complexity index is 933. The second kappa shape index (κ2) is 8.65. The van der Waals surface area contributed by atoms with Crippen molar-refractivity contribution in [1.29, 1.82) is 0 Å². The van der Waals surface area contributed by atoms with Gasteiger partial charge in [0.25, 0.3) is 0 Å². The van der Waals surface area contributed by atoms with Crippen LogP contribution < -0.4 is 4.90 Å². The SMILES string of the molecule is CCCN1CCC(c2ccccc2)C(N2c3ccccc3CCc3ccccc32)C1. The number of hydrogen-bond acceptors (Lipinski definition) is 2. The Kier molecular flexibility index (Phi) is 5.59. The molecule has 0 N–H and O–H groups in total. The number of anilines is 2. The van der Waals surface area contributed by atoms with Crippen LogP contribution in [0.3, 0.4) is 0 Å². The summed E-state index contributed by atoms with van der Waals surface area (Å²) in [6.45, 7) is 5.81. The van der Waals surface area contributed by atoms with Gasteiger partial charge in [-0.25, -0.2) is 0 Å². The molecule has 2 atom stereocenters. The zero-order chi connectivity index (χ0) is 20.3. The van der Waals surface area contributed by atoms with E-state index in [2.05, 4.69) is 95.6 Å². The summed E-state index contributed by atoms with van der Waals surface area (Å²) in [5.41, 5.74) is 7.26. The van der Waals surface area contributed by atoms with E-state index in [-0.39, 0.29) is 0 Å². The largest absolute Gasteiger partial charge is 0.336 e. The van der Waals surface area contributed by atoms with Crippen molar-refractivity contribution < 1.29 is 0 Å². The summed E-state index contributed by atoms with van der Waals surface area (Å²) in [5.74, 6) is 0.540. The molecule has 3 aromatic rings. The van der Waals surface area contributed by atoms with Crippen molar-refractivity contribution in [3.63, 3.8) is 0 Å². The number of nitrogens with zero attached hydrogens (tertiary/aromatic N) is 2. The third-order valence-corrected chi connectivity index (χ3v) is 6.93. The zero-order valence-corrected chi connectivity index (χ0v) is 18.0. The number of hydrogen-bond donors (Lipinski definition) is 0. The first-order valence-corrected chi connectivity index (χ1v) is 11.6. The van der Waals surface area contributed by atoms with Crippen LogP contribution in [-0.2, 0) is 12.8 Å². The monoisotopic (exact) mass is 396 g/mol. The maximum Gasteiger partial charge on any atom is 0.0538 e. The van der Waals surface area contributed by atoms with Crippen molar-refractivity contribution in [2.75, 3.05) is 24.5 Å². The molecular formula is C28H32N2. The summed E-state index contributed by atoms with van der Waals surface area (Å²) in [6.07, 6.45) is 4.67. The van der Waals surface area contributed by atoms with E-state index < -0.39 is 0 Å². The molecule has 2 nitrogen and oxygen atoms in total. The van der Waals surface area contributed by atoms with Gasteiger partial charge in [-0.3, -0.25) is 0 Å². The van der Waals surface area contributed by atoms with Gasteiger partial charge in [-0.2, -0.15) is 0 Å². The fourth-order valence-corrected chi connectivity index (χ4v) is 5.54. The molecule has 0 bridgehead atoms. The fraction of sp³-hybridized carbons (Fsp3) is 0.357. The van der Waals surface area contributed by atoms with Crippen LogP contribution in [0.2, 0.25) is 0 Å². The molecule has 2 heteroatoms. The van der Waals surface area contributed by atoms with E-state index >= 15 is 0 Å². The predicted octanol–water partition coefficient (Wildman–Crippen LogP) is 6.19. The van der Waals surface area contributed by atoms with Crippen molar-refractivity contribution in [1.82, 2.24) is 4.90 Å². The Morgan fingerprint density at radius 3 is 2.00 bits per heavy atom. The molecule has 2 unspecified atom stereocenters. The first-order chi connectivity index (χ1) is 14.8. The molecule has 0 aromatic heterocycles. The lowest BCUT2D eigenvalue weighted by atomic mass is 9.83. The predicted molar refractivity (Wildman–Crippen MR) is 127 cm³/mol. The molecule has 154 valence electrons. The molecule has 2 heterocycles. The second-order valence-corrected chi connectivity index (χ2v) is 8.80. The highest BCUT2D eigenvalue weighted by molar-refractivity contribution is 5.72. The van der Waals surface area contributed by atoms with Crippen LogP contribution >= 0.6 is 0 Å². The van der Waals surface area contributed by atoms with Gasteiger partial charge in [-0.15, -0.1) is 0 Å². The Labute approximate surface area is 181 Å². The van der Waals surface area contributed by atoms with E-state index in [1.54, 1.807) is 0 Å². The lowest BCUT2D eigenvalue weighted by Gasteiger charge is -2.46. The lowest BCUT2D eigenvalue weighted by molar-refractivity contribution is 0.190. The molecule has 1 fully saturated rings. The molecule has 0 radical (unpaired) electrons. The van der Waals surface area contributed by atoms with Gasteiger partial charge in [0.15, 0.2) is 0 Å². The summed E-state index contributed by atoms with van der Waals surface area (Å²) in [6, 6.07) is 29.8. The van der Waals surface area contributed by atoms with E-state index in [9.17, 15) is 0 Å². The first kappa shape index (κ1) is 19.4. The van der Waals surface area contributed by atoms with E-state index in [1.807, 2.05) is 0 Å². The fourth-order valence-electron chi connectivity index (χ4n) is 5.54. The molecule has 2 aliphatic heterocycles. The highest BCUT2D eigenvalue weighted by Gasteiger charge is 2.37. The third-order valence-electron chi connectivity index (χ3n) is 6.93. The summed E-state index contributed by atoms with van der Waals surface area (Å²) >= 11 is 0. The van der Waals surface area contributed by atoms with Gasteiger partial charge in [0.05, 0.1) is 6.04 Å². The highest BCUT2D eigenvalue weighted by atomic mass is 15.2. The van der Waals surface area contributed by atoms with Gasteiger partial charge < -0.3 is 9.80 Å². The van der Waals surface area contributed by atoms with Gasteiger partial charge in [-0.05, 0) is 67.6 Å². The van der Waals surface area contributed by atoms with Crippen molar-refractivity contribution in [3.8, 4) is 0 Å². The van der Waals surface area contributed by atoms with Crippen molar-refractivity contribution in [3.05, 3.63) is 95.6 Å². The number of fused-ring (bicyclic) bond motifs is 2. The standard InChI is InChI=1S/C28H32N2/c1-2-19-29-20-18-25(22-10-4-3-5-11-22)28(21-29)30-26-14-8-6-12-23(26)16-17-24-13-7-9-15-27(24)30/h3-15,25,28H,2,16-21H2,1H3. The normalized spacial score (nSPS) is 21.6. The Morgan fingerprint density at radius 2 is 1.37 bits per heavy atom. The van der Waals surface area contributed by atoms with Crippen LogP contribution in [0, 0.1) is 0 Å². The summed E-state index contributed by atoms with van der Waals surface area (Å²) < 4.78 is 0. The van der Waals surface area contributed by atoms with Crippen LogP contribution in [-0.4, -0.2) is 30.6 Å². The average Bonchev–Trinajstić information content (AvgIpc) is 2.97. The van der Waals surface area contributed by atoms with E-state index in [4.69, 9.17) is 0 Å². The van der Waals surface area contributed by atoms with Crippen LogP contribution in [0.25, 0.3) is 0 Å². The van der Waals surface area contributed by atoms with Crippen molar-refractivity contribution in [2.45, 2.75) is 44.6 Å². The van der Waals surface area contributed by atoms with Gasteiger partial charge in [-0.1, -0.05) is 73.7 Å². The summed E-state index contributed by atoms with van der Waals surface area (Å²) in [7, 11) is 0. The van der Waals surface area contributed by atoms with Gasteiger partial charge in [0, 0.05) is 23.8 Å². The summed E-state index contributed by atoms with van der Waals surface area (Å²) in [4.78, 5) is 5.39. The second-order valence-electron chi connectivity index (χ2n) is 8.80. The number of para-hydroxylation sites is 2. The molecule has 1 saturated heterocycles. The van der Waals surface area contributed by atoms with E-state index in [0.717, 1.165) is 19.4 Å². The van der Waals surface area contributed by atoms with Gasteiger partial charge in [0.2, 0.25) is 0 Å². The zero-order valence-electron chi connectivity index (χ0n) is 18.0. The van der Waals surface area contributed by atoms with E-state index in [0.29, 0.717) is 12.0 Å². The molecule has 5 rings (SSSR count). The Morgan fingerprint density at radius 1 is 0.767 bits per heavy atom. The van der Waals surface area contributed by atoms with Crippen LogP contribution in [0.1, 0.15) is 42.4 Å². The maximum atomic E-state index is 2.71. The quantitative estimate of drug-likeness (QED) is 0.519. The molecule has 0 aliphatic carbocycles. The number of rotatable bonds is 4.